The average molecular weight is 284 g/mol. The lowest BCUT2D eigenvalue weighted by Crippen LogP contribution is -2.40. The molecule has 0 radical (unpaired) electrons. The van der Waals surface area contributed by atoms with Gasteiger partial charge >= 0.3 is 6.03 Å². The van der Waals surface area contributed by atoms with Gasteiger partial charge in [-0.05, 0) is 6.42 Å². The number of ether oxygens (including phenoxy) is 1. The number of nitrogens with two attached hydrogens (primary N) is 1. The van der Waals surface area contributed by atoms with Crippen molar-refractivity contribution in [1.29, 1.82) is 0 Å². The number of nitrogens with zero attached hydrogens (tertiary/aromatic N) is 2. The molecule has 0 aliphatic carbocycles. The number of anilines is 1. The van der Waals surface area contributed by atoms with Crippen LogP contribution < -0.4 is 11.1 Å². The summed E-state index contributed by atoms with van der Waals surface area (Å²) in [6.07, 6.45) is 0.979. The lowest BCUT2D eigenvalue weighted by Gasteiger charge is -2.26. The van der Waals surface area contributed by atoms with Crippen LogP contribution in [0.4, 0.5) is 9.93 Å². The molecule has 1 aromatic rings. The average Bonchev–Trinajstić information content (AvgIpc) is 2.84. The molecule has 0 aromatic carbocycles. The molecule has 3 N–H and O–H groups in total. The molecule has 1 aromatic heterocycles. The fourth-order valence-electron chi connectivity index (χ4n) is 1.79. The van der Waals surface area contributed by atoms with Gasteiger partial charge in [-0.3, -0.25) is 10.1 Å². The van der Waals surface area contributed by atoms with E-state index in [1.807, 2.05) is 5.38 Å². The van der Waals surface area contributed by atoms with Gasteiger partial charge in [-0.1, -0.05) is 0 Å². The molecule has 7 nitrogen and oxygen atoms in total. The van der Waals surface area contributed by atoms with Crippen molar-refractivity contribution in [2.45, 2.75) is 12.8 Å². The first kappa shape index (κ1) is 13.8. The van der Waals surface area contributed by atoms with Crippen molar-refractivity contribution in [1.82, 2.24) is 9.88 Å². The minimum absolute atomic E-state index is 0.112. The summed E-state index contributed by atoms with van der Waals surface area (Å²) in [5.74, 6) is 0.112. The summed E-state index contributed by atoms with van der Waals surface area (Å²) < 4.78 is 5.20. The van der Waals surface area contributed by atoms with E-state index in [0.29, 0.717) is 44.3 Å². The molecular formula is C11H16N4O3S. The molecule has 0 saturated carbocycles. The topological polar surface area (TPSA) is 97.6 Å². The summed E-state index contributed by atoms with van der Waals surface area (Å²) in [6, 6.07) is -0.634. The van der Waals surface area contributed by atoms with Crippen LogP contribution in [-0.4, -0.2) is 48.1 Å². The summed E-state index contributed by atoms with van der Waals surface area (Å²) >= 11 is 1.30. The van der Waals surface area contributed by atoms with Crippen LogP contribution in [0, 0.1) is 0 Å². The third-order valence-electron chi connectivity index (χ3n) is 2.74. The predicted molar refractivity (Wildman–Crippen MR) is 71.0 cm³/mol. The molecule has 1 aliphatic heterocycles. The Morgan fingerprint density at radius 2 is 2.21 bits per heavy atom. The summed E-state index contributed by atoms with van der Waals surface area (Å²) in [6.45, 7) is 2.53. The van der Waals surface area contributed by atoms with E-state index in [0.717, 1.165) is 5.69 Å². The molecule has 2 rings (SSSR count). The van der Waals surface area contributed by atoms with Crippen molar-refractivity contribution < 1.29 is 14.3 Å². The SMILES string of the molecule is NC(=O)Nc1nc(CCC(=O)N2CCOCC2)cs1. The number of aromatic nitrogens is 1. The number of hydrogen-bond acceptors (Lipinski definition) is 5. The van der Waals surface area contributed by atoms with Gasteiger partial charge in [0, 0.05) is 24.9 Å². The largest absolute Gasteiger partial charge is 0.378 e. The molecule has 0 unspecified atom stereocenters. The Morgan fingerprint density at radius 1 is 1.47 bits per heavy atom. The second-order valence-electron chi connectivity index (χ2n) is 4.13. The Kier molecular flexibility index (Phi) is 4.69. The van der Waals surface area contributed by atoms with Crippen LogP contribution in [0.3, 0.4) is 0 Å². The number of amides is 3. The highest BCUT2D eigenvalue weighted by Crippen LogP contribution is 2.16. The summed E-state index contributed by atoms with van der Waals surface area (Å²) in [4.78, 5) is 28.6. The number of primary amides is 1. The van der Waals surface area contributed by atoms with Crippen LogP contribution in [0.2, 0.25) is 0 Å². The molecule has 1 aliphatic rings. The molecule has 104 valence electrons. The number of thiazole rings is 1. The van der Waals surface area contributed by atoms with Crippen LogP contribution in [0.15, 0.2) is 5.38 Å². The minimum Gasteiger partial charge on any atom is -0.378 e. The van der Waals surface area contributed by atoms with Crippen molar-refractivity contribution >= 4 is 28.4 Å². The Bertz CT molecular complexity index is 457. The van der Waals surface area contributed by atoms with Gasteiger partial charge < -0.3 is 15.4 Å². The number of rotatable bonds is 4. The Balaban J connectivity index is 1.79. The second-order valence-corrected chi connectivity index (χ2v) is 4.98. The number of carbonyl (C=O) groups is 2. The van der Waals surface area contributed by atoms with Gasteiger partial charge in [0.2, 0.25) is 5.91 Å². The van der Waals surface area contributed by atoms with Crippen LogP contribution in [0.25, 0.3) is 0 Å². The number of nitrogens with one attached hydrogen (secondary N) is 1. The van der Waals surface area contributed by atoms with E-state index in [2.05, 4.69) is 10.3 Å². The predicted octanol–water partition coefficient (Wildman–Crippen LogP) is 0.425. The summed E-state index contributed by atoms with van der Waals surface area (Å²) in [5, 5.41) is 4.69. The molecule has 19 heavy (non-hydrogen) atoms. The van der Waals surface area contributed by atoms with Gasteiger partial charge in [-0.25, -0.2) is 9.78 Å². The molecule has 0 atom stereocenters. The maximum absolute atomic E-state index is 11.9. The Morgan fingerprint density at radius 3 is 2.89 bits per heavy atom. The van der Waals surface area contributed by atoms with Crippen molar-refractivity contribution in [3.63, 3.8) is 0 Å². The zero-order chi connectivity index (χ0) is 13.7. The van der Waals surface area contributed by atoms with E-state index in [9.17, 15) is 9.59 Å². The zero-order valence-electron chi connectivity index (χ0n) is 10.4. The highest BCUT2D eigenvalue weighted by atomic mass is 32.1. The quantitative estimate of drug-likeness (QED) is 0.837. The maximum atomic E-state index is 11.9. The number of hydrogen-bond donors (Lipinski definition) is 2. The highest BCUT2D eigenvalue weighted by molar-refractivity contribution is 7.13. The standard InChI is InChI=1S/C11H16N4O3S/c12-10(17)14-11-13-8(7-19-11)1-2-9(16)15-3-5-18-6-4-15/h7H,1-6H2,(H3,12,13,14,17). The van der Waals surface area contributed by atoms with E-state index >= 15 is 0 Å². The zero-order valence-corrected chi connectivity index (χ0v) is 11.2. The number of urea groups is 1. The van der Waals surface area contributed by atoms with E-state index in [-0.39, 0.29) is 5.91 Å². The van der Waals surface area contributed by atoms with Gasteiger partial charge in [0.1, 0.15) is 0 Å². The first-order valence-corrected chi connectivity index (χ1v) is 6.89. The fraction of sp³-hybridized carbons (Fsp3) is 0.545. The molecule has 8 heteroatoms. The Hall–Kier alpha value is -1.67. The lowest BCUT2D eigenvalue weighted by molar-refractivity contribution is -0.135. The van der Waals surface area contributed by atoms with E-state index in [4.69, 9.17) is 10.5 Å². The molecule has 2 heterocycles. The minimum atomic E-state index is -0.634. The second kappa shape index (κ2) is 6.48. The van der Waals surface area contributed by atoms with Gasteiger partial charge in [0.05, 0.1) is 18.9 Å². The van der Waals surface area contributed by atoms with Crippen molar-refractivity contribution in [2.24, 2.45) is 5.73 Å². The molecule has 0 spiro atoms. The summed E-state index contributed by atoms with van der Waals surface area (Å²) in [5.41, 5.74) is 5.78. The summed E-state index contributed by atoms with van der Waals surface area (Å²) in [7, 11) is 0. The van der Waals surface area contributed by atoms with Crippen LogP contribution in [0.5, 0.6) is 0 Å². The first-order valence-electron chi connectivity index (χ1n) is 6.01. The molecule has 1 fully saturated rings. The molecule has 0 bridgehead atoms. The van der Waals surface area contributed by atoms with Crippen molar-refractivity contribution in [3.8, 4) is 0 Å². The fourth-order valence-corrected chi connectivity index (χ4v) is 2.54. The smallest absolute Gasteiger partial charge is 0.318 e. The Labute approximate surface area is 114 Å². The molecule has 3 amide bonds. The van der Waals surface area contributed by atoms with E-state index in [1.165, 1.54) is 11.3 Å². The van der Waals surface area contributed by atoms with Crippen molar-refractivity contribution in [3.05, 3.63) is 11.1 Å². The number of morpholine rings is 1. The highest BCUT2D eigenvalue weighted by Gasteiger charge is 2.16. The third kappa shape index (κ3) is 4.18. The van der Waals surface area contributed by atoms with Crippen LogP contribution in [0.1, 0.15) is 12.1 Å². The van der Waals surface area contributed by atoms with Gasteiger partial charge in [0.15, 0.2) is 5.13 Å². The molecular weight excluding hydrogens is 268 g/mol. The van der Waals surface area contributed by atoms with E-state index < -0.39 is 6.03 Å². The van der Waals surface area contributed by atoms with Crippen molar-refractivity contribution in [2.75, 3.05) is 31.6 Å². The molecule has 1 saturated heterocycles. The number of aryl methyl sites for hydroxylation is 1. The monoisotopic (exact) mass is 284 g/mol. The van der Waals surface area contributed by atoms with Gasteiger partial charge in [-0.2, -0.15) is 0 Å². The first-order chi connectivity index (χ1) is 9.15. The van der Waals surface area contributed by atoms with E-state index in [1.54, 1.807) is 4.90 Å². The van der Waals surface area contributed by atoms with Crippen LogP contribution in [-0.2, 0) is 16.0 Å². The third-order valence-corrected chi connectivity index (χ3v) is 3.55. The normalized spacial score (nSPS) is 15.3. The number of carbonyl (C=O) groups excluding carboxylic acids is 2. The maximum Gasteiger partial charge on any atom is 0.318 e. The lowest BCUT2D eigenvalue weighted by atomic mass is 10.2. The van der Waals surface area contributed by atoms with Gasteiger partial charge in [-0.15, -0.1) is 11.3 Å². The van der Waals surface area contributed by atoms with Gasteiger partial charge in [0.25, 0.3) is 0 Å². The van der Waals surface area contributed by atoms with Crippen LogP contribution >= 0.6 is 11.3 Å².